The van der Waals surface area contributed by atoms with Gasteiger partial charge in [-0.05, 0) is 55.7 Å². The van der Waals surface area contributed by atoms with Gasteiger partial charge in [-0.25, -0.2) is 4.39 Å². The van der Waals surface area contributed by atoms with Gasteiger partial charge in [0.15, 0.2) is 0 Å². The summed E-state index contributed by atoms with van der Waals surface area (Å²) < 4.78 is 13.3. The van der Waals surface area contributed by atoms with E-state index in [4.69, 9.17) is 11.6 Å². The highest BCUT2D eigenvalue weighted by molar-refractivity contribution is 6.30. The lowest BCUT2D eigenvalue weighted by Gasteiger charge is -2.33. The summed E-state index contributed by atoms with van der Waals surface area (Å²) in [6.07, 6.45) is 2.38. The second-order valence-electron chi connectivity index (χ2n) is 6.57. The summed E-state index contributed by atoms with van der Waals surface area (Å²) in [4.78, 5) is 12.3. The van der Waals surface area contributed by atoms with Gasteiger partial charge in [-0.3, -0.25) is 4.79 Å². The van der Waals surface area contributed by atoms with Crippen molar-refractivity contribution in [2.75, 3.05) is 0 Å². The number of carbonyl (C=O) groups excluding carboxylic acids is 1. The molecule has 2 atom stereocenters. The van der Waals surface area contributed by atoms with Crippen LogP contribution in [0.5, 0.6) is 0 Å². The van der Waals surface area contributed by atoms with Crippen LogP contribution >= 0.6 is 11.6 Å². The molecule has 3 nitrogen and oxygen atoms in total. The van der Waals surface area contributed by atoms with Crippen LogP contribution < -0.4 is 5.32 Å². The minimum absolute atomic E-state index is 0.210. The number of amides is 1. The monoisotopic (exact) mass is 371 g/mol. The second-order valence-corrected chi connectivity index (χ2v) is 7.01. The third-order valence-electron chi connectivity index (χ3n) is 4.41. The van der Waals surface area contributed by atoms with Crippen LogP contribution in [-0.2, 0) is 0 Å². The fourth-order valence-corrected chi connectivity index (χ4v) is 3.33. The van der Waals surface area contributed by atoms with Gasteiger partial charge in [0.25, 0.3) is 5.91 Å². The van der Waals surface area contributed by atoms with E-state index in [1.165, 1.54) is 18.2 Å². The van der Waals surface area contributed by atoms with Crippen LogP contribution in [0.3, 0.4) is 0 Å². The molecular weight excluding hydrogens is 353 g/mol. The number of carbonyl (C=O) groups is 1. The number of hydrogen-bond donors (Lipinski definition) is 2. The van der Waals surface area contributed by atoms with Gasteiger partial charge in [0, 0.05) is 28.6 Å². The molecule has 0 radical (unpaired) electrons. The van der Waals surface area contributed by atoms with Gasteiger partial charge in [0.2, 0.25) is 0 Å². The Bertz CT molecular complexity index is 874. The molecule has 0 aromatic heterocycles. The van der Waals surface area contributed by atoms with E-state index in [1.807, 2.05) is 6.07 Å². The first-order valence-corrected chi connectivity index (χ1v) is 8.89. The topological polar surface area (TPSA) is 49.3 Å². The lowest BCUT2D eigenvalue weighted by molar-refractivity contribution is 0.0452. The Morgan fingerprint density at radius 3 is 2.85 bits per heavy atom. The fraction of sp³-hybridized carbons (Fsp3) is 0.286. The molecule has 0 saturated heterocycles. The summed E-state index contributed by atoms with van der Waals surface area (Å²) in [6.45, 7) is 0. The smallest absolute Gasteiger partial charge is 0.251 e. The van der Waals surface area contributed by atoms with Crippen LogP contribution in [-0.4, -0.2) is 22.7 Å². The van der Waals surface area contributed by atoms with Crippen molar-refractivity contribution in [1.82, 2.24) is 5.32 Å². The molecule has 0 bridgehead atoms. The zero-order valence-electron chi connectivity index (χ0n) is 14.1. The molecule has 1 fully saturated rings. The number of halogens is 2. The molecule has 0 heterocycles. The summed E-state index contributed by atoms with van der Waals surface area (Å²) in [7, 11) is 0. The van der Waals surface area contributed by atoms with Crippen LogP contribution in [0.15, 0.2) is 48.5 Å². The summed E-state index contributed by atoms with van der Waals surface area (Å²) in [6, 6.07) is 12.5. The van der Waals surface area contributed by atoms with Gasteiger partial charge >= 0.3 is 0 Å². The summed E-state index contributed by atoms with van der Waals surface area (Å²) in [5.41, 5.74) is -0.165. The molecule has 1 unspecified atom stereocenters. The van der Waals surface area contributed by atoms with Gasteiger partial charge in [0.05, 0.1) is 0 Å². The molecule has 1 aliphatic rings. The molecule has 2 aromatic carbocycles. The average molecular weight is 372 g/mol. The molecule has 2 aromatic rings. The molecule has 0 aliphatic heterocycles. The van der Waals surface area contributed by atoms with Crippen LogP contribution in [0, 0.1) is 17.7 Å². The van der Waals surface area contributed by atoms with Crippen molar-refractivity contribution >= 4 is 17.5 Å². The van der Waals surface area contributed by atoms with Crippen molar-refractivity contribution in [3.63, 3.8) is 0 Å². The Morgan fingerprint density at radius 2 is 2.08 bits per heavy atom. The number of aliphatic hydroxyl groups is 1. The zero-order chi connectivity index (χ0) is 18.6. The van der Waals surface area contributed by atoms with Crippen molar-refractivity contribution < 1.29 is 14.3 Å². The van der Waals surface area contributed by atoms with Crippen molar-refractivity contribution in [3.05, 3.63) is 70.5 Å². The first kappa shape index (κ1) is 18.4. The lowest BCUT2D eigenvalue weighted by Crippen LogP contribution is -2.45. The highest BCUT2D eigenvalue weighted by Crippen LogP contribution is 2.28. The molecular formula is C21H19ClFNO2. The van der Waals surface area contributed by atoms with Gasteiger partial charge in [-0.2, -0.15) is 0 Å². The maximum Gasteiger partial charge on any atom is 0.251 e. The van der Waals surface area contributed by atoms with Gasteiger partial charge in [-0.1, -0.05) is 35.6 Å². The maximum atomic E-state index is 13.3. The van der Waals surface area contributed by atoms with Crippen LogP contribution in [0.1, 0.15) is 41.6 Å². The zero-order valence-corrected chi connectivity index (χ0v) is 14.9. The summed E-state index contributed by atoms with van der Waals surface area (Å²) >= 11 is 5.95. The quantitative estimate of drug-likeness (QED) is 0.786. The Hall–Kier alpha value is -2.35. The fourth-order valence-electron chi connectivity index (χ4n) is 3.14. The third kappa shape index (κ3) is 4.85. The minimum Gasteiger partial charge on any atom is -0.378 e. The molecule has 1 aliphatic carbocycles. The van der Waals surface area contributed by atoms with Gasteiger partial charge in [-0.15, -0.1) is 0 Å². The van der Waals surface area contributed by atoms with Crippen LogP contribution in [0.4, 0.5) is 4.39 Å². The van der Waals surface area contributed by atoms with Gasteiger partial charge < -0.3 is 10.4 Å². The first-order chi connectivity index (χ1) is 12.4. The molecule has 0 spiro atoms. The van der Waals surface area contributed by atoms with Gasteiger partial charge in [0.1, 0.15) is 11.4 Å². The summed E-state index contributed by atoms with van der Waals surface area (Å²) in [5.74, 6) is 5.09. The highest BCUT2D eigenvalue weighted by Gasteiger charge is 2.33. The second kappa shape index (κ2) is 7.90. The lowest BCUT2D eigenvalue weighted by atomic mass is 9.82. The Kier molecular flexibility index (Phi) is 5.61. The highest BCUT2D eigenvalue weighted by atomic mass is 35.5. The third-order valence-corrected chi connectivity index (χ3v) is 4.65. The van der Waals surface area contributed by atoms with Crippen molar-refractivity contribution in [2.24, 2.45) is 0 Å². The maximum absolute atomic E-state index is 13.3. The van der Waals surface area contributed by atoms with E-state index in [2.05, 4.69) is 17.2 Å². The van der Waals surface area contributed by atoms with E-state index < -0.39 is 11.4 Å². The van der Waals surface area contributed by atoms with E-state index in [9.17, 15) is 14.3 Å². The van der Waals surface area contributed by atoms with E-state index in [-0.39, 0.29) is 17.5 Å². The Morgan fingerprint density at radius 1 is 1.27 bits per heavy atom. The van der Waals surface area contributed by atoms with Crippen LogP contribution in [0.25, 0.3) is 0 Å². The van der Waals surface area contributed by atoms with E-state index in [0.717, 1.165) is 18.4 Å². The number of nitrogens with one attached hydrogen (secondary N) is 1. The molecule has 1 saturated carbocycles. The SMILES string of the molecule is O=C(N[C@H]1CCCC(O)(C#Cc2cccc(Cl)c2)C1)c1cccc(F)c1. The van der Waals surface area contributed by atoms with E-state index in [1.54, 1.807) is 24.3 Å². The average Bonchev–Trinajstić information content (AvgIpc) is 2.60. The normalized spacial score (nSPS) is 22.2. The van der Waals surface area contributed by atoms with Crippen molar-refractivity contribution in [1.29, 1.82) is 0 Å². The summed E-state index contributed by atoms with van der Waals surface area (Å²) in [5, 5.41) is 14.2. The Labute approximate surface area is 157 Å². The van der Waals surface area contributed by atoms with Crippen molar-refractivity contribution in [3.8, 4) is 11.8 Å². The van der Waals surface area contributed by atoms with E-state index in [0.29, 0.717) is 17.9 Å². The predicted octanol–water partition coefficient (Wildman–Crippen LogP) is 3.93. The number of rotatable bonds is 2. The molecule has 3 rings (SSSR count). The largest absolute Gasteiger partial charge is 0.378 e. The van der Waals surface area contributed by atoms with E-state index >= 15 is 0 Å². The molecule has 5 heteroatoms. The first-order valence-electron chi connectivity index (χ1n) is 8.51. The molecule has 26 heavy (non-hydrogen) atoms. The molecule has 2 N–H and O–H groups in total. The molecule has 1 amide bonds. The number of hydrogen-bond acceptors (Lipinski definition) is 2. The van der Waals surface area contributed by atoms with Crippen LogP contribution in [0.2, 0.25) is 5.02 Å². The number of benzene rings is 2. The predicted molar refractivity (Wildman–Crippen MR) is 99.4 cm³/mol. The van der Waals surface area contributed by atoms with Crippen molar-refractivity contribution in [2.45, 2.75) is 37.3 Å². The standard InChI is InChI=1S/C21H19ClFNO2/c22-17-6-1-4-15(12-17)9-11-21(26)10-3-8-19(14-21)24-20(25)16-5-2-7-18(23)13-16/h1-2,4-7,12-13,19,26H,3,8,10,14H2,(H,24,25)/t19-,21?/m0/s1. The molecule has 134 valence electrons. The Balaban J connectivity index is 1.68. The minimum atomic E-state index is -1.17.